The number of benzene rings is 1. The summed E-state index contributed by atoms with van der Waals surface area (Å²) in [6, 6.07) is 4.23. The lowest BCUT2D eigenvalue weighted by molar-refractivity contribution is -0.0373. The van der Waals surface area contributed by atoms with Crippen LogP contribution in [0.25, 0.3) is 0 Å². The first-order valence-corrected chi connectivity index (χ1v) is 5.31. The van der Waals surface area contributed by atoms with E-state index in [1.165, 1.54) is 12.1 Å². The maximum atomic E-state index is 13.6. The van der Waals surface area contributed by atoms with Crippen LogP contribution in [0.15, 0.2) is 16.6 Å². The molecule has 0 aliphatic carbocycles. The van der Waals surface area contributed by atoms with Crippen molar-refractivity contribution in [2.75, 3.05) is 18.5 Å². The van der Waals surface area contributed by atoms with Gasteiger partial charge in [0, 0.05) is 0 Å². The topological polar surface area (TPSA) is 56.0 Å². The number of hydrogen-bond donors (Lipinski definition) is 2. The van der Waals surface area contributed by atoms with E-state index in [1.807, 2.05) is 0 Å². The summed E-state index contributed by atoms with van der Waals surface area (Å²) >= 11 is 2.85. The highest BCUT2D eigenvalue weighted by Gasteiger charge is 2.27. The average Bonchev–Trinajstić information content (AvgIpc) is 2.31. The largest absolute Gasteiger partial charge is 0.390 e. The predicted octanol–water partition coefficient (Wildman–Crippen LogP) is 2.50. The number of nitrogens with zero attached hydrogens (tertiary/aromatic N) is 1. The zero-order valence-corrected chi connectivity index (χ0v) is 10.1. The fourth-order valence-corrected chi connectivity index (χ4v) is 1.49. The molecular formula is C10H8BrF3N2O. The second-order valence-corrected chi connectivity index (χ2v) is 4.06. The van der Waals surface area contributed by atoms with E-state index in [0.717, 1.165) is 0 Å². The van der Waals surface area contributed by atoms with Crippen molar-refractivity contribution in [2.45, 2.75) is 5.92 Å². The summed E-state index contributed by atoms with van der Waals surface area (Å²) in [5.41, 5.74) is -0.0917. The summed E-state index contributed by atoms with van der Waals surface area (Å²) in [5, 5.41) is 19.1. The molecule has 0 saturated carbocycles. The lowest BCUT2D eigenvalue weighted by atomic mass is 10.2. The summed E-state index contributed by atoms with van der Waals surface area (Å²) < 4.78 is 38.9. The number of rotatable bonds is 4. The van der Waals surface area contributed by atoms with Crippen molar-refractivity contribution >= 4 is 21.6 Å². The second-order valence-electron chi connectivity index (χ2n) is 3.27. The van der Waals surface area contributed by atoms with Gasteiger partial charge in [0.1, 0.15) is 12.7 Å². The Kier molecular flexibility index (Phi) is 4.37. The normalized spacial score (nSPS) is 11.1. The first-order valence-electron chi connectivity index (χ1n) is 4.52. The van der Waals surface area contributed by atoms with Crippen LogP contribution in [0, 0.1) is 17.1 Å². The molecule has 0 bridgehead atoms. The van der Waals surface area contributed by atoms with Gasteiger partial charge in [-0.2, -0.15) is 5.26 Å². The Balaban J connectivity index is 2.88. The molecule has 1 aromatic rings. The van der Waals surface area contributed by atoms with Crippen LogP contribution in [0.2, 0.25) is 0 Å². The number of nitrogens with one attached hydrogen (secondary N) is 1. The first kappa shape index (κ1) is 13.8. The average molecular weight is 309 g/mol. The minimum Gasteiger partial charge on any atom is -0.390 e. The molecule has 0 radical (unpaired) electrons. The minimum atomic E-state index is -3.33. The van der Waals surface area contributed by atoms with Gasteiger partial charge < -0.3 is 10.4 Å². The van der Waals surface area contributed by atoms with Gasteiger partial charge in [0.15, 0.2) is 5.82 Å². The van der Waals surface area contributed by atoms with Gasteiger partial charge in [-0.3, -0.25) is 0 Å². The minimum absolute atomic E-state index is 0.0713. The van der Waals surface area contributed by atoms with E-state index in [4.69, 9.17) is 10.4 Å². The summed E-state index contributed by atoms with van der Waals surface area (Å²) in [5.74, 6) is -4.15. The molecule has 0 heterocycles. The molecular weight excluding hydrogens is 301 g/mol. The first-order chi connectivity index (χ1) is 7.91. The molecule has 1 aromatic carbocycles. The van der Waals surface area contributed by atoms with Crippen LogP contribution in [-0.4, -0.2) is 24.2 Å². The quantitative estimate of drug-likeness (QED) is 0.898. The van der Waals surface area contributed by atoms with Gasteiger partial charge in [-0.25, -0.2) is 13.2 Å². The van der Waals surface area contributed by atoms with Gasteiger partial charge in [0.25, 0.3) is 5.92 Å². The molecule has 2 N–H and O–H groups in total. The number of anilines is 1. The molecule has 0 amide bonds. The van der Waals surface area contributed by atoms with E-state index < -0.39 is 24.9 Å². The molecule has 0 spiro atoms. The Labute approximate surface area is 104 Å². The van der Waals surface area contributed by atoms with Gasteiger partial charge in [-0.15, -0.1) is 0 Å². The van der Waals surface area contributed by atoms with E-state index >= 15 is 0 Å². The molecule has 0 aliphatic heterocycles. The van der Waals surface area contributed by atoms with Crippen molar-refractivity contribution in [2.24, 2.45) is 0 Å². The van der Waals surface area contributed by atoms with E-state index in [9.17, 15) is 13.2 Å². The highest BCUT2D eigenvalue weighted by Crippen LogP contribution is 2.27. The third-order valence-electron chi connectivity index (χ3n) is 1.97. The third kappa shape index (κ3) is 3.35. The van der Waals surface area contributed by atoms with E-state index in [1.54, 1.807) is 6.07 Å². The molecule has 0 fully saturated rings. The Morgan fingerprint density at radius 2 is 2.12 bits per heavy atom. The lowest BCUT2D eigenvalue weighted by Gasteiger charge is -2.15. The number of alkyl halides is 2. The van der Waals surface area contributed by atoms with Crippen LogP contribution in [0.5, 0.6) is 0 Å². The maximum absolute atomic E-state index is 13.6. The molecule has 17 heavy (non-hydrogen) atoms. The van der Waals surface area contributed by atoms with Gasteiger partial charge in [-0.05, 0) is 28.1 Å². The fraction of sp³-hybridized carbons (Fsp3) is 0.300. The standard InChI is InChI=1S/C10H8BrF3N2O/c11-8-6(3-15)1-2-7(9(8)12)16-4-10(13,14)5-17/h1-2,16-17H,4-5H2. The maximum Gasteiger partial charge on any atom is 0.287 e. The van der Waals surface area contributed by atoms with Gasteiger partial charge >= 0.3 is 0 Å². The predicted molar refractivity (Wildman–Crippen MR) is 59.3 cm³/mol. The summed E-state index contributed by atoms with van der Waals surface area (Å²) in [7, 11) is 0. The molecule has 0 atom stereocenters. The van der Waals surface area contributed by atoms with Crippen molar-refractivity contribution in [3.8, 4) is 6.07 Å². The van der Waals surface area contributed by atoms with Crippen LogP contribution < -0.4 is 5.32 Å². The van der Waals surface area contributed by atoms with Crippen LogP contribution >= 0.6 is 15.9 Å². The van der Waals surface area contributed by atoms with Gasteiger partial charge in [-0.1, -0.05) is 0 Å². The number of halogens is 4. The Morgan fingerprint density at radius 3 is 2.65 bits per heavy atom. The molecule has 0 unspecified atom stereocenters. The zero-order chi connectivity index (χ0) is 13.1. The summed E-state index contributed by atoms with van der Waals surface area (Å²) in [4.78, 5) is 0. The van der Waals surface area contributed by atoms with E-state index in [-0.39, 0.29) is 15.7 Å². The Hall–Kier alpha value is -1.26. The lowest BCUT2D eigenvalue weighted by Crippen LogP contribution is -2.31. The van der Waals surface area contributed by atoms with Crippen LogP contribution in [0.3, 0.4) is 0 Å². The van der Waals surface area contributed by atoms with Crippen molar-refractivity contribution in [1.82, 2.24) is 0 Å². The van der Waals surface area contributed by atoms with Gasteiger partial charge in [0.05, 0.1) is 22.3 Å². The number of hydrogen-bond acceptors (Lipinski definition) is 3. The molecule has 92 valence electrons. The summed E-state index contributed by atoms with van der Waals surface area (Å²) in [6.07, 6.45) is 0. The number of aliphatic hydroxyl groups excluding tert-OH is 1. The van der Waals surface area contributed by atoms with Gasteiger partial charge in [0.2, 0.25) is 0 Å². The van der Waals surface area contributed by atoms with Crippen LogP contribution in [0.1, 0.15) is 5.56 Å². The number of nitriles is 1. The Morgan fingerprint density at radius 1 is 1.47 bits per heavy atom. The molecule has 0 aliphatic rings. The molecule has 3 nitrogen and oxygen atoms in total. The van der Waals surface area contributed by atoms with Crippen molar-refractivity contribution < 1.29 is 18.3 Å². The highest BCUT2D eigenvalue weighted by molar-refractivity contribution is 9.10. The fourth-order valence-electron chi connectivity index (χ4n) is 1.05. The van der Waals surface area contributed by atoms with Crippen LogP contribution in [0.4, 0.5) is 18.9 Å². The molecule has 0 saturated heterocycles. The van der Waals surface area contributed by atoms with E-state index in [0.29, 0.717) is 0 Å². The van der Waals surface area contributed by atoms with Crippen molar-refractivity contribution in [3.63, 3.8) is 0 Å². The van der Waals surface area contributed by atoms with Crippen molar-refractivity contribution in [1.29, 1.82) is 5.26 Å². The Bertz CT molecular complexity index is 460. The second kappa shape index (κ2) is 5.38. The van der Waals surface area contributed by atoms with Crippen LogP contribution in [-0.2, 0) is 0 Å². The SMILES string of the molecule is N#Cc1ccc(NCC(F)(F)CO)c(F)c1Br. The molecule has 0 aromatic heterocycles. The smallest absolute Gasteiger partial charge is 0.287 e. The highest BCUT2D eigenvalue weighted by atomic mass is 79.9. The monoisotopic (exact) mass is 308 g/mol. The zero-order valence-electron chi connectivity index (χ0n) is 8.48. The molecule has 1 rings (SSSR count). The molecule has 7 heteroatoms. The van der Waals surface area contributed by atoms with E-state index in [2.05, 4.69) is 21.2 Å². The number of aliphatic hydroxyl groups is 1. The van der Waals surface area contributed by atoms with Crippen molar-refractivity contribution in [3.05, 3.63) is 28.0 Å². The third-order valence-corrected chi connectivity index (χ3v) is 2.75. The summed E-state index contributed by atoms with van der Waals surface area (Å²) in [6.45, 7) is -2.21.